The lowest BCUT2D eigenvalue weighted by Gasteiger charge is -2.29. The molecule has 170 valence electrons. The number of carbonyl (C=O) groups is 1. The van der Waals surface area contributed by atoms with Gasteiger partial charge in [-0.2, -0.15) is 13.2 Å². The first-order chi connectivity index (χ1) is 14.4. The molecular weight excluding hydrogens is 415 g/mol. The molecule has 2 aromatic rings. The maximum atomic E-state index is 12.9. The number of anilines is 1. The van der Waals surface area contributed by atoms with Crippen molar-refractivity contribution in [3.63, 3.8) is 0 Å². The molecule has 6 nitrogen and oxygen atoms in total. The highest BCUT2D eigenvalue weighted by molar-refractivity contribution is 5.88. The summed E-state index contributed by atoms with van der Waals surface area (Å²) in [5.41, 5.74) is -1.04. The highest BCUT2D eigenvalue weighted by atomic mass is 19.4. The van der Waals surface area contributed by atoms with Crippen molar-refractivity contribution in [3.05, 3.63) is 59.7 Å². The van der Waals surface area contributed by atoms with Crippen LogP contribution >= 0.6 is 0 Å². The van der Waals surface area contributed by atoms with Gasteiger partial charge in [-0.15, -0.1) is 0 Å². The Kier molecular flexibility index (Phi) is 7.91. The lowest BCUT2D eigenvalue weighted by Crippen LogP contribution is -2.42. The molecule has 0 heterocycles. The fraction of sp³-hybridized carbons (Fsp3) is 0.409. The van der Waals surface area contributed by atoms with Gasteiger partial charge >= 0.3 is 12.3 Å². The van der Waals surface area contributed by atoms with Gasteiger partial charge in [0, 0.05) is 11.3 Å². The molecule has 2 N–H and O–H groups in total. The number of halogens is 3. The minimum atomic E-state index is -4.51. The summed E-state index contributed by atoms with van der Waals surface area (Å²) in [6, 6.07) is 10.7. The maximum absolute atomic E-state index is 12.9. The van der Waals surface area contributed by atoms with E-state index >= 15 is 0 Å². The molecule has 0 saturated carbocycles. The summed E-state index contributed by atoms with van der Waals surface area (Å²) >= 11 is 0. The van der Waals surface area contributed by atoms with Crippen LogP contribution in [-0.4, -0.2) is 41.2 Å². The molecule has 1 unspecified atom stereocenters. The lowest BCUT2D eigenvalue weighted by molar-refractivity contribution is -0.137. The summed E-state index contributed by atoms with van der Waals surface area (Å²) in [4.78, 5) is 13.7. The van der Waals surface area contributed by atoms with Gasteiger partial charge in [0.15, 0.2) is 0 Å². The molecule has 2 aromatic carbocycles. The Hall–Kier alpha value is -2.78. The van der Waals surface area contributed by atoms with Crippen LogP contribution in [0.2, 0.25) is 0 Å². The van der Waals surface area contributed by atoms with Gasteiger partial charge in [-0.05, 0) is 51.1 Å². The first kappa shape index (κ1) is 24.5. The Morgan fingerprint density at radius 3 is 2.23 bits per heavy atom. The Bertz CT molecular complexity index is 863. The van der Waals surface area contributed by atoms with Crippen LogP contribution in [0.3, 0.4) is 0 Å². The van der Waals surface area contributed by atoms with Crippen molar-refractivity contribution in [2.45, 2.75) is 45.3 Å². The fourth-order valence-electron chi connectivity index (χ4n) is 2.66. The van der Waals surface area contributed by atoms with Crippen molar-refractivity contribution in [1.82, 2.24) is 0 Å². The molecule has 0 radical (unpaired) electrons. The van der Waals surface area contributed by atoms with Crippen LogP contribution in [0.4, 0.5) is 23.7 Å². The van der Waals surface area contributed by atoms with E-state index in [9.17, 15) is 28.2 Å². The summed E-state index contributed by atoms with van der Waals surface area (Å²) in [5.74, 6) is 0.377. The second kappa shape index (κ2) is 10.0. The second-order valence-corrected chi connectivity index (χ2v) is 7.87. The number of ether oxygens (including phenoxy) is 2. The van der Waals surface area contributed by atoms with E-state index in [1.54, 1.807) is 45.0 Å². The summed E-state index contributed by atoms with van der Waals surface area (Å²) in [6.07, 6.45) is -6.51. The SMILES string of the molecule is CC(C)(C)OC(=O)N(CC(O)COc1ccccc1CO)c1ccc(C(F)(F)F)cc1. The zero-order chi connectivity index (χ0) is 23.2. The molecule has 0 aromatic heterocycles. The van der Waals surface area contributed by atoms with Gasteiger partial charge in [0.25, 0.3) is 0 Å². The van der Waals surface area contributed by atoms with Crippen molar-refractivity contribution in [1.29, 1.82) is 0 Å². The van der Waals surface area contributed by atoms with Gasteiger partial charge in [0.1, 0.15) is 24.1 Å². The van der Waals surface area contributed by atoms with Gasteiger partial charge in [-0.25, -0.2) is 4.79 Å². The Morgan fingerprint density at radius 2 is 1.68 bits per heavy atom. The molecule has 0 aliphatic heterocycles. The van der Waals surface area contributed by atoms with Gasteiger partial charge < -0.3 is 19.7 Å². The Balaban J connectivity index is 2.17. The smallest absolute Gasteiger partial charge is 0.416 e. The number of hydrogen-bond acceptors (Lipinski definition) is 5. The van der Waals surface area contributed by atoms with Gasteiger partial charge in [-0.1, -0.05) is 18.2 Å². The van der Waals surface area contributed by atoms with Crippen molar-refractivity contribution < 1.29 is 37.7 Å². The highest BCUT2D eigenvalue weighted by Gasteiger charge is 2.31. The predicted octanol–water partition coefficient (Wildman–Crippen LogP) is 4.38. The number of benzene rings is 2. The quantitative estimate of drug-likeness (QED) is 0.667. The number of carbonyl (C=O) groups excluding carboxylic acids is 1. The largest absolute Gasteiger partial charge is 0.490 e. The topological polar surface area (TPSA) is 79.2 Å². The van der Waals surface area contributed by atoms with E-state index in [0.717, 1.165) is 29.2 Å². The van der Waals surface area contributed by atoms with Crippen molar-refractivity contribution in [2.24, 2.45) is 0 Å². The standard InChI is InChI=1S/C22H26F3NO5/c1-21(2,3)31-20(29)26(17-10-8-16(9-11-17)22(23,24)25)12-18(28)14-30-19-7-5-4-6-15(19)13-27/h4-11,18,27-28H,12-14H2,1-3H3. The summed E-state index contributed by atoms with van der Waals surface area (Å²) in [6.45, 7) is 4.23. The molecule has 0 saturated heterocycles. The molecule has 31 heavy (non-hydrogen) atoms. The van der Waals surface area contributed by atoms with Crippen molar-refractivity contribution >= 4 is 11.8 Å². The van der Waals surface area contributed by atoms with Crippen molar-refractivity contribution in [2.75, 3.05) is 18.1 Å². The van der Waals surface area contributed by atoms with Gasteiger partial charge in [0.05, 0.1) is 18.7 Å². The van der Waals surface area contributed by atoms with Crippen LogP contribution in [0.5, 0.6) is 5.75 Å². The average Bonchev–Trinajstić information content (AvgIpc) is 2.68. The number of rotatable bonds is 7. The molecule has 2 rings (SSSR count). The normalized spacial score (nSPS) is 12.9. The van der Waals surface area contributed by atoms with E-state index in [-0.39, 0.29) is 25.4 Å². The van der Waals surface area contributed by atoms with Crippen LogP contribution in [0.25, 0.3) is 0 Å². The molecule has 1 amide bonds. The first-order valence-corrected chi connectivity index (χ1v) is 9.58. The van der Waals surface area contributed by atoms with Crippen LogP contribution in [0.1, 0.15) is 31.9 Å². The number of aliphatic hydroxyl groups excluding tert-OH is 2. The van der Waals surface area contributed by atoms with Crippen LogP contribution < -0.4 is 9.64 Å². The van der Waals surface area contributed by atoms with E-state index in [2.05, 4.69) is 0 Å². The monoisotopic (exact) mass is 441 g/mol. The minimum absolute atomic E-state index is 0.136. The van der Waals surface area contributed by atoms with E-state index < -0.39 is 29.5 Å². The Morgan fingerprint density at radius 1 is 1.06 bits per heavy atom. The molecule has 0 aliphatic carbocycles. The lowest BCUT2D eigenvalue weighted by atomic mass is 10.1. The number of amides is 1. The van der Waals surface area contributed by atoms with E-state index in [1.165, 1.54) is 0 Å². The predicted molar refractivity (Wildman–Crippen MR) is 109 cm³/mol. The molecule has 0 aliphatic rings. The summed E-state index contributed by atoms with van der Waals surface area (Å²) in [5, 5.41) is 19.8. The summed E-state index contributed by atoms with van der Waals surface area (Å²) < 4.78 is 49.4. The number of hydrogen-bond donors (Lipinski definition) is 2. The Labute approximate surface area is 178 Å². The van der Waals surface area contributed by atoms with E-state index in [0.29, 0.717) is 11.3 Å². The molecule has 9 heteroatoms. The molecule has 0 spiro atoms. The zero-order valence-electron chi connectivity index (χ0n) is 17.5. The highest BCUT2D eigenvalue weighted by Crippen LogP contribution is 2.31. The third-order valence-corrected chi connectivity index (χ3v) is 4.09. The molecular formula is C22H26F3NO5. The van der Waals surface area contributed by atoms with Crippen LogP contribution in [-0.2, 0) is 17.5 Å². The maximum Gasteiger partial charge on any atom is 0.416 e. The second-order valence-electron chi connectivity index (χ2n) is 7.87. The van der Waals surface area contributed by atoms with E-state index in [4.69, 9.17) is 9.47 Å². The van der Waals surface area contributed by atoms with Crippen LogP contribution in [0.15, 0.2) is 48.5 Å². The average molecular weight is 441 g/mol. The number of aliphatic hydroxyl groups is 2. The number of para-hydroxylation sites is 1. The minimum Gasteiger partial charge on any atom is -0.490 e. The van der Waals surface area contributed by atoms with E-state index in [1.807, 2.05) is 0 Å². The molecule has 1 atom stereocenters. The molecule has 0 fully saturated rings. The van der Waals surface area contributed by atoms with Gasteiger partial charge in [-0.3, -0.25) is 4.90 Å². The third kappa shape index (κ3) is 7.45. The van der Waals surface area contributed by atoms with Gasteiger partial charge in [0.2, 0.25) is 0 Å². The summed E-state index contributed by atoms with van der Waals surface area (Å²) in [7, 11) is 0. The zero-order valence-corrected chi connectivity index (χ0v) is 17.5. The number of nitrogens with zero attached hydrogens (tertiary/aromatic N) is 1. The molecule has 0 bridgehead atoms. The fourth-order valence-corrected chi connectivity index (χ4v) is 2.66. The van der Waals surface area contributed by atoms with Crippen molar-refractivity contribution in [3.8, 4) is 5.75 Å². The first-order valence-electron chi connectivity index (χ1n) is 9.58. The third-order valence-electron chi connectivity index (χ3n) is 4.09. The van der Waals surface area contributed by atoms with Crippen LogP contribution in [0, 0.1) is 0 Å². The number of alkyl halides is 3.